The van der Waals surface area contributed by atoms with Crippen molar-refractivity contribution >= 4 is 44.3 Å². The highest BCUT2D eigenvalue weighted by molar-refractivity contribution is 7.90. The highest BCUT2D eigenvalue weighted by Gasteiger charge is 2.28. The minimum absolute atomic E-state index is 0.106. The molecule has 0 radical (unpaired) electrons. The van der Waals surface area contributed by atoms with Crippen LogP contribution in [-0.2, 0) is 21.4 Å². The van der Waals surface area contributed by atoms with E-state index in [1.54, 1.807) is 17.3 Å². The molecule has 1 aliphatic rings. The summed E-state index contributed by atoms with van der Waals surface area (Å²) in [6.45, 7) is 1.81. The Bertz CT molecular complexity index is 1680. The molecule has 5 rings (SSSR count). The Morgan fingerprint density at radius 2 is 1.65 bits per heavy atom. The average molecular weight is 537 g/mol. The van der Waals surface area contributed by atoms with Crippen LogP contribution in [-0.4, -0.2) is 58.9 Å². The van der Waals surface area contributed by atoms with Gasteiger partial charge in [0, 0.05) is 49.3 Å². The van der Waals surface area contributed by atoms with Crippen LogP contribution in [0.1, 0.15) is 5.56 Å². The third-order valence-corrected chi connectivity index (χ3v) is 8.26. The number of imidazole rings is 1. The SMILES string of the molecule is N#Cc1ccc(S(=O)(=O)n2c(=O)n(CC(=O)N3CCN(c4ccncc4)CC3)c3cc(Cl)ccc32)cc1. The predicted octanol–water partition coefficient (Wildman–Crippen LogP) is 2.31. The lowest BCUT2D eigenvalue weighted by Gasteiger charge is -2.36. The largest absolute Gasteiger partial charge is 0.368 e. The number of aromatic nitrogens is 3. The lowest BCUT2D eigenvalue weighted by molar-refractivity contribution is -0.132. The number of pyridine rings is 1. The maximum Gasteiger partial charge on any atom is 0.343 e. The molecule has 2 aromatic carbocycles. The van der Waals surface area contributed by atoms with Crippen LogP contribution >= 0.6 is 11.6 Å². The maximum atomic E-state index is 13.5. The van der Waals surface area contributed by atoms with Crippen LogP contribution in [0, 0.1) is 11.3 Å². The van der Waals surface area contributed by atoms with E-state index in [0.717, 1.165) is 10.3 Å². The Morgan fingerprint density at radius 3 is 2.30 bits per heavy atom. The van der Waals surface area contributed by atoms with Crippen molar-refractivity contribution in [3.63, 3.8) is 0 Å². The predicted molar refractivity (Wildman–Crippen MR) is 138 cm³/mol. The monoisotopic (exact) mass is 536 g/mol. The molecule has 1 fully saturated rings. The fraction of sp³-hybridized carbons (Fsp3) is 0.200. The van der Waals surface area contributed by atoms with Gasteiger partial charge in [0.1, 0.15) is 6.54 Å². The van der Waals surface area contributed by atoms with Crippen LogP contribution < -0.4 is 10.6 Å². The van der Waals surface area contributed by atoms with E-state index in [4.69, 9.17) is 16.9 Å². The normalized spacial score (nSPS) is 14.1. The molecule has 0 unspecified atom stereocenters. The van der Waals surface area contributed by atoms with E-state index in [0.29, 0.717) is 35.2 Å². The standard InChI is InChI=1S/C25H21ClN6O4S/c26-19-3-6-22-23(15-19)31(25(34)32(22)37(35,36)21-4-1-18(16-27)2-5-21)17-24(33)30-13-11-29(12-14-30)20-7-9-28-10-8-20/h1-10,15H,11-14,17H2. The molecule has 2 aromatic heterocycles. The number of amides is 1. The molecule has 0 bridgehead atoms. The number of piperazine rings is 1. The van der Waals surface area contributed by atoms with E-state index in [1.807, 2.05) is 18.2 Å². The highest BCUT2D eigenvalue weighted by atomic mass is 35.5. The lowest BCUT2D eigenvalue weighted by Crippen LogP contribution is -2.50. The number of rotatable bonds is 5. The minimum Gasteiger partial charge on any atom is -0.368 e. The molecule has 0 spiro atoms. The average Bonchev–Trinajstić information content (AvgIpc) is 3.20. The summed E-state index contributed by atoms with van der Waals surface area (Å²) in [5.74, 6) is -0.300. The second-order valence-corrected chi connectivity index (χ2v) is 10.7. The van der Waals surface area contributed by atoms with E-state index >= 15 is 0 Å². The number of carbonyl (C=O) groups is 1. The zero-order chi connectivity index (χ0) is 26.2. The van der Waals surface area contributed by atoms with Gasteiger partial charge >= 0.3 is 5.69 Å². The van der Waals surface area contributed by atoms with Gasteiger partial charge in [0.05, 0.1) is 27.6 Å². The molecule has 12 heteroatoms. The van der Waals surface area contributed by atoms with Gasteiger partial charge in [-0.05, 0) is 54.6 Å². The van der Waals surface area contributed by atoms with Crippen molar-refractivity contribution < 1.29 is 13.2 Å². The van der Waals surface area contributed by atoms with Crippen LogP contribution in [0.4, 0.5) is 5.69 Å². The van der Waals surface area contributed by atoms with Crippen molar-refractivity contribution in [3.05, 3.63) is 88.1 Å². The molecule has 188 valence electrons. The third-order valence-electron chi connectivity index (χ3n) is 6.33. The second-order valence-electron chi connectivity index (χ2n) is 8.48. The first-order valence-corrected chi connectivity index (χ1v) is 13.2. The molecular weight excluding hydrogens is 516 g/mol. The van der Waals surface area contributed by atoms with Crippen molar-refractivity contribution in [2.75, 3.05) is 31.1 Å². The van der Waals surface area contributed by atoms with Crippen molar-refractivity contribution in [1.82, 2.24) is 18.4 Å². The molecule has 0 aliphatic carbocycles. The molecule has 4 aromatic rings. The number of nitrogens with zero attached hydrogens (tertiary/aromatic N) is 6. The van der Waals surface area contributed by atoms with Crippen LogP contribution in [0.3, 0.4) is 0 Å². The molecule has 1 amide bonds. The van der Waals surface area contributed by atoms with Crippen LogP contribution in [0.25, 0.3) is 11.0 Å². The van der Waals surface area contributed by atoms with Gasteiger partial charge in [-0.15, -0.1) is 0 Å². The Morgan fingerprint density at radius 1 is 0.973 bits per heavy atom. The van der Waals surface area contributed by atoms with Crippen molar-refractivity contribution in [2.24, 2.45) is 0 Å². The Balaban J connectivity index is 1.46. The van der Waals surface area contributed by atoms with E-state index in [9.17, 15) is 18.0 Å². The van der Waals surface area contributed by atoms with E-state index in [-0.39, 0.29) is 33.9 Å². The third kappa shape index (κ3) is 4.57. The van der Waals surface area contributed by atoms with E-state index < -0.39 is 15.7 Å². The summed E-state index contributed by atoms with van der Waals surface area (Å²) in [5, 5.41) is 9.31. The van der Waals surface area contributed by atoms with Crippen molar-refractivity contribution in [1.29, 1.82) is 5.26 Å². The smallest absolute Gasteiger partial charge is 0.343 e. The van der Waals surface area contributed by atoms with Gasteiger partial charge in [-0.1, -0.05) is 11.6 Å². The fourth-order valence-electron chi connectivity index (χ4n) is 4.40. The summed E-state index contributed by atoms with van der Waals surface area (Å²) in [7, 11) is -4.32. The topological polar surface area (TPSA) is 121 Å². The number of hydrogen-bond acceptors (Lipinski definition) is 7. The zero-order valence-corrected chi connectivity index (χ0v) is 21.1. The van der Waals surface area contributed by atoms with E-state index in [2.05, 4.69) is 9.88 Å². The Kier molecular flexibility index (Phi) is 6.45. The van der Waals surface area contributed by atoms with Gasteiger partial charge in [-0.2, -0.15) is 9.23 Å². The van der Waals surface area contributed by atoms with Crippen LogP contribution in [0.2, 0.25) is 5.02 Å². The summed E-state index contributed by atoms with van der Waals surface area (Å²) in [4.78, 5) is 34.4. The first kappa shape index (κ1) is 24.5. The highest BCUT2D eigenvalue weighted by Crippen LogP contribution is 2.23. The molecule has 0 N–H and O–H groups in total. The number of benzene rings is 2. The van der Waals surface area contributed by atoms with Gasteiger partial charge in [-0.25, -0.2) is 13.2 Å². The summed E-state index contributed by atoms with van der Waals surface area (Å²) in [6, 6.07) is 15.4. The number of carbonyl (C=O) groups excluding carboxylic acids is 1. The van der Waals surface area contributed by atoms with E-state index in [1.165, 1.54) is 42.5 Å². The number of fused-ring (bicyclic) bond motifs is 1. The van der Waals surface area contributed by atoms with Gasteiger partial charge in [0.15, 0.2) is 0 Å². The lowest BCUT2D eigenvalue weighted by atomic mass is 10.2. The quantitative estimate of drug-likeness (QED) is 0.383. The first-order chi connectivity index (χ1) is 17.8. The molecular formula is C25H21ClN6O4S. The second kappa shape index (κ2) is 9.72. The van der Waals surface area contributed by atoms with Crippen LogP contribution in [0.15, 0.2) is 76.7 Å². The number of anilines is 1. The summed E-state index contributed by atoms with van der Waals surface area (Å²) < 4.78 is 28.7. The van der Waals surface area contributed by atoms with Gasteiger partial charge in [0.2, 0.25) is 5.91 Å². The fourth-order valence-corrected chi connectivity index (χ4v) is 5.97. The summed E-state index contributed by atoms with van der Waals surface area (Å²) in [5.41, 5.74) is 0.775. The Hall–Kier alpha value is -4.14. The van der Waals surface area contributed by atoms with Crippen molar-refractivity contribution in [2.45, 2.75) is 11.4 Å². The minimum atomic E-state index is -4.32. The molecule has 37 heavy (non-hydrogen) atoms. The Labute approximate surface area is 217 Å². The molecule has 3 heterocycles. The van der Waals surface area contributed by atoms with Gasteiger partial charge < -0.3 is 9.80 Å². The molecule has 0 atom stereocenters. The molecule has 10 nitrogen and oxygen atoms in total. The number of nitriles is 1. The number of halogens is 1. The van der Waals surface area contributed by atoms with Gasteiger partial charge in [-0.3, -0.25) is 14.3 Å². The maximum absolute atomic E-state index is 13.5. The summed E-state index contributed by atoms with van der Waals surface area (Å²) in [6.07, 6.45) is 3.43. The van der Waals surface area contributed by atoms with Gasteiger partial charge in [0.25, 0.3) is 10.0 Å². The molecule has 0 saturated carbocycles. The molecule has 1 saturated heterocycles. The zero-order valence-electron chi connectivity index (χ0n) is 19.5. The summed E-state index contributed by atoms with van der Waals surface area (Å²) >= 11 is 6.17. The van der Waals surface area contributed by atoms with Crippen LogP contribution in [0.5, 0.6) is 0 Å². The first-order valence-electron chi connectivity index (χ1n) is 11.4. The molecule has 1 aliphatic heterocycles. The van der Waals surface area contributed by atoms with Crippen molar-refractivity contribution in [3.8, 4) is 6.07 Å². The number of hydrogen-bond donors (Lipinski definition) is 0.